The number of nitrogens with zero attached hydrogens (tertiary/aromatic N) is 3. The second kappa shape index (κ2) is 7.19. The number of aromatic nitrogens is 3. The molecule has 0 saturated carbocycles. The molecule has 2 aromatic carbocycles. The zero-order valence-corrected chi connectivity index (χ0v) is 15.9. The highest BCUT2D eigenvalue weighted by Gasteiger charge is 2.15. The summed E-state index contributed by atoms with van der Waals surface area (Å²) in [6.45, 7) is 0. The van der Waals surface area contributed by atoms with Crippen LogP contribution in [0.15, 0.2) is 60.8 Å². The summed E-state index contributed by atoms with van der Waals surface area (Å²) in [4.78, 5) is 12.4. The van der Waals surface area contributed by atoms with Gasteiger partial charge in [0, 0.05) is 28.0 Å². The average molecular weight is 418 g/mol. The highest BCUT2D eigenvalue weighted by Crippen LogP contribution is 2.31. The van der Waals surface area contributed by atoms with E-state index < -0.39 is 0 Å². The van der Waals surface area contributed by atoms with E-state index in [1.54, 1.807) is 65.2 Å². The molecule has 0 aliphatic rings. The fourth-order valence-corrected chi connectivity index (χ4v) is 3.18. The molecule has 0 atom stereocenters. The van der Waals surface area contributed by atoms with Crippen LogP contribution in [0.3, 0.4) is 0 Å². The molecule has 5 nitrogen and oxygen atoms in total. The van der Waals surface area contributed by atoms with Crippen LogP contribution in [0.4, 0.5) is 5.69 Å². The molecule has 4 aromatic rings. The van der Waals surface area contributed by atoms with Crippen molar-refractivity contribution in [1.29, 1.82) is 0 Å². The standard InChI is InChI=1S/C19H11Cl3N4O/c20-12-5-3-11(4-6-12)19(27)23-13-7-8-15(21)14(10-13)17-24-25-18-16(22)2-1-9-26(17)18/h1-10H,(H,23,27). The third-order valence-electron chi connectivity index (χ3n) is 3.96. The molecule has 0 aliphatic heterocycles. The summed E-state index contributed by atoms with van der Waals surface area (Å²) in [5.41, 5.74) is 2.23. The number of amides is 1. The van der Waals surface area contributed by atoms with Crippen molar-refractivity contribution in [3.05, 3.63) is 81.4 Å². The van der Waals surface area contributed by atoms with Crippen LogP contribution in [-0.2, 0) is 0 Å². The molecule has 134 valence electrons. The summed E-state index contributed by atoms with van der Waals surface area (Å²) < 4.78 is 1.74. The number of fused-ring (bicyclic) bond motifs is 1. The number of nitrogens with one attached hydrogen (secondary N) is 1. The van der Waals surface area contributed by atoms with E-state index in [2.05, 4.69) is 15.5 Å². The highest BCUT2D eigenvalue weighted by atomic mass is 35.5. The molecule has 4 rings (SSSR count). The van der Waals surface area contributed by atoms with Crippen LogP contribution in [-0.4, -0.2) is 20.5 Å². The molecule has 0 aliphatic carbocycles. The third-order valence-corrected chi connectivity index (χ3v) is 4.84. The van der Waals surface area contributed by atoms with Gasteiger partial charge in [-0.25, -0.2) is 0 Å². The number of halogens is 3. The van der Waals surface area contributed by atoms with Gasteiger partial charge in [-0.1, -0.05) is 34.8 Å². The first-order valence-corrected chi connectivity index (χ1v) is 9.02. The molecule has 2 heterocycles. The number of hydrogen-bond acceptors (Lipinski definition) is 3. The lowest BCUT2D eigenvalue weighted by Crippen LogP contribution is -2.11. The van der Waals surface area contributed by atoms with Crippen molar-refractivity contribution in [1.82, 2.24) is 14.6 Å². The number of carbonyl (C=O) groups excluding carboxylic acids is 1. The number of rotatable bonds is 3. The predicted octanol–water partition coefficient (Wildman–Crippen LogP) is 5.61. The molecule has 0 bridgehead atoms. The predicted molar refractivity (Wildman–Crippen MR) is 108 cm³/mol. The topological polar surface area (TPSA) is 59.3 Å². The first-order chi connectivity index (χ1) is 13.0. The molecule has 1 amide bonds. The van der Waals surface area contributed by atoms with E-state index in [9.17, 15) is 4.79 Å². The molecule has 27 heavy (non-hydrogen) atoms. The van der Waals surface area contributed by atoms with Gasteiger partial charge in [-0.3, -0.25) is 9.20 Å². The van der Waals surface area contributed by atoms with Gasteiger partial charge in [0.15, 0.2) is 11.5 Å². The average Bonchev–Trinajstić information content (AvgIpc) is 3.09. The SMILES string of the molecule is O=C(Nc1ccc(Cl)c(-c2nnc3c(Cl)cccn23)c1)c1ccc(Cl)cc1. The Balaban J connectivity index is 1.70. The molecule has 2 aromatic heterocycles. The fraction of sp³-hybridized carbons (Fsp3) is 0. The van der Waals surface area contributed by atoms with Crippen LogP contribution in [0.2, 0.25) is 15.1 Å². The Bertz CT molecular complexity index is 1160. The molecular weight excluding hydrogens is 407 g/mol. The van der Waals surface area contributed by atoms with Crippen molar-refractivity contribution in [3.63, 3.8) is 0 Å². The number of pyridine rings is 1. The number of anilines is 1. The van der Waals surface area contributed by atoms with Crippen LogP contribution in [0.25, 0.3) is 17.0 Å². The minimum absolute atomic E-state index is 0.255. The van der Waals surface area contributed by atoms with Crippen LogP contribution < -0.4 is 5.32 Å². The van der Waals surface area contributed by atoms with E-state index in [0.29, 0.717) is 43.4 Å². The Morgan fingerprint density at radius 3 is 2.48 bits per heavy atom. The van der Waals surface area contributed by atoms with Crippen LogP contribution in [0.5, 0.6) is 0 Å². The zero-order valence-electron chi connectivity index (χ0n) is 13.7. The number of benzene rings is 2. The van der Waals surface area contributed by atoms with Gasteiger partial charge in [0.05, 0.1) is 10.0 Å². The van der Waals surface area contributed by atoms with Crippen molar-refractivity contribution in [3.8, 4) is 11.4 Å². The maximum absolute atomic E-state index is 12.4. The van der Waals surface area contributed by atoms with Crippen LogP contribution >= 0.6 is 34.8 Å². The highest BCUT2D eigenvalue weighted by molar-refractivity contribution is 6.34. The van der Waals surface area contributed by atoms with Gasteiger partial charge in [-0.15, -0.1) is 10.2 Å². The monoisotopic (exact) mass is 416 g/mol. The summed E-state index contributed by atoms with van der Waals surface area (Å²) in [6.07, 6.45) is 1.80. The van der Waals surface area contributed by atoms with Crippen LogP contribution in [0, 0.1) is 0 Å². The second-order valence-corrected chi connectivity index (χ2v) is 6.98. The van der Waals surface area contributed by atoms with Gasteiger partial charge in [0.1, 0.15) is 0 Å². The largest absolute Gasteiger partial charge is 0.322 e. The van der Waals surface area contributed by atoms with E-state index in [4.69, 9.17) is 34.8 Å². The quantitative estimate of drug-likeness (QED) is 0.471. The summed E-state index contributed by atoms with van der Waals surface area (Å²) in [6, 6.07) is 15.3. The van der Waals surface area contributed by atoms with Gasteiger partial charge in [0.2, 0.25) is 0 Å². The van der Waals surface area contributed by atoms with Gasteiger partial charge in [-0.2, -0.15) is 0 Å². The molecule has 0 fully saturated rings. The molecular formula is C19H11Cl3N4O. The molecule has 0 saturated heterocycles. The first-order valence-electron chi connectivity index (χ1n) is 7.89. The van der Waals surface area contributed by atoms with Gasteiger partial charge in [-0.05, 0) is 54.6 Å². The van der Waals surface area contributed by atoms with E-state index in [0.717, 1.165) is 0 Å². The normalized spacial score (nSPS) is 10.9. The second-order valence-electron chi connectivity index (χ2n) is 5.73. The smallest absolute Gasteiger partial charge is 0.255 e. The Labute approximate surface area is 169 Å². The zero-order chi connectivity index (χ0) is 19.0. The summed E-state index contributed by atoms with van der Waals surface area (Å²) in [5.74, 6) is 0.272. The number of carbonyl (C=O) groups is 1. The molecule has 0 radical (unpaired) electrons. The van der Waals surface area contributed by atoms with E-state index >= 15 is 0 Å². The van der Waals surface area contributed by atoms with Gasteiger partial charge >= 0.3 is 0 Å². The summed E-state index contributed by atoms with van der Waals surface area (Å²) in [5, 5.41) is 12.7. The van der Waals surface area contributed by atoms with Crippen molar-refractivity contribution in [2.24, 2.45) is 0 Å². The Hall–Kier alpha value is -2.60. The molecule has 8 heteroatoms. The molecule has 1 N–H and O–H groups in total. The Morgan fingerprint density at radius 2 is 1.70 bits per heavy atom. The minimum Gasteiger partial charge on any atom is -0.322 e. The van der Waals surface area contributed by atoms with Crippen molar-refractivity contribution in [2.75, 3.05) is 5.32 Å². The van der Waals surface area contributed by atoms with Crippen molar-refractivity contribution < 1.29 is 4.79 Å². The van der Waals surface area contributed by atoms with Crippen molar-refractivity contribution >= 4 is 52.0 Å². The van der Waals surface area contributed by atoms with Gasteiger partial charge in [0.25, 0.3) is 5.91 Å². The summed E-state index contributed by atoms with van der Waals surface area (Å²) in [7, 11) is 0. The fourth-order valence-electron chi connectivity index (χ4n) is 2.65. The first kappa shape index (κ1) is 17.8. The minimum atomic E-state index is -0.255. The maximum Gasteiger partial charge on any atom is 0.255 e. The lowest BCUT2D eigenvalue weighted by molar-refractivity contribution is 0.102. The van der Waals surface area contributed by atoms with Crippen molar-refractivity contribution in [2.45, 2.75) is 0 Å². The van der Waals surface area contributed by atoms with E-state index in [1.807, 2.05) is 0 Å². The maximum atomic E-state index is 12.4. The Morgan fingerprint density at radius 1 is 0.926 bits per heavy atom. The van der Waals surface area contributed by atoms with Gasteiger partial charge < -0.3 is 5.32 Å². The van der Waals surface area contributed by atoms with E-state index in [-0.39, 0.29) is 5.91 Å². The lowest BCUT2D eigenvalue weighted by Gasteiger charge is -2.09. The number of hydrogen-bond donors (Lipinski definition) is 1. The molecule has 0 unspecified atom stereocenters. The van der Waals surface area contributed by atoms with Crippen LogP contribution in [0.1, 0.15) is 10.4 Å². The Kier molecular flexibility index (Phi) is 4.74. The summed E-state index contributed by atoms with van der Waals surface area (Å²) >= 11 is 18.4. The lowest BCUT2D eigenvalue weighted by atomic mass is 10.1. The molecule has 0 spiro atoms. The third kappa shape index (κ3) is 3.49. The van der Waals surface area contributed by atoms with E-state index in [1.165, 1.54) is 0 Å².